The number of para-hydroxylation sites is 1. The Morgan fingerprint density at radius 1 is 1.35 bits per heavy atom. The lowest BCUT2D eigenvalue weighted by molar-refractivity contribution is -0.112. The third-order valence-corrected chi connectivity index (χ3v) is 3.40. The van der Waals surface area contributed by atoms with Gasteiger partial charge in [-0.05, 0) is 24.3 Å². The number of unbranched alkanes of at least 4 members (excludes halogenated alkanes) is 1. The van der Waals surface area contributed by atoms with Gasteiger partial charge < -0.3 is 5.32 Å². The highest BCUT2D eigenvalue weighted by Gasteiger charge is 2.06. The largest absolute Gasteiger partial charge is 0.322 e. The molecule has 0 bridgehead atoms. The van der Waals surface area contributed by atoms with Crippen LogP contribution in [0.15, 0.2) is 42.5 Å². The number of carbonyl (C=O) groups is 1. The molecule has 0 aliphatic carbocycles. The van der Waals surface area contributed by atoms with Crippen LogP contribution < -0.4 is 5.32 Å². The normalized spacial score (nSPS) is 9.94. The summed E-state index contributed by atoms with van der Waals surface area (Å²) in [7, 11) is 0. The molecule has 1 aromatic carbocycles. The van der Waals surface area contributed by atoms with Crippen molar-refractivity contribution in [3.63, 3.8) is 0 Å². The minimum atomic E-state index is -0.0831. The molecule has 0 radical (unpaired) electrons. The fraction of sp³-hybridized carbons (Fsp3) is 0.357. The Balaban J connectivity index is 2.30. The van der Waals surface area contributed by atoms with Gasteiger partial charge >= 0.3 is 0 Å². The van der Waals surface area contributed by atoms with Crippen LogP contribution in [0.5, 0.6) is 0 Å². The van der Waals surface area contributed by atoms with Gasteiger partial charge in [-0.25, -0.2) is 0 Å². The first-order valence-corrected chi connectivity index (χ1v) is 7.01. The maximum atomic E-state index is 11.8. The third-order valence-electron chi connectivity index (χ3n) is 2.27. The highest BCUT2D eigenvalue weighted by molar-refractivity contribution is 7.99. The summed E-state index contributed by atoms with van der Waals surface area (Å²) in [5.74, 6) is 1.72. The Morgan fingerprint density at radius 3 is 2.71 bits per heavy atom. The number of hydrogen-bond donors (Lipinski definition) is 1. The van der Waals surface area contributed by atoms with Crippen molar-refractivity contribution in [1.29, 1.82) is 0 Å². The van der Waals surface area contributed by atoms with Crippen molar-refractivity contribution >= 4 is 23.4 Å². The molecule has 0 unspecified atom stereocenters. The number of amides is 1. The van der Waals surface area contributed by atoms with E-state index in [4.69, 9.17) is 0 Å². The van der Waals surface area contributed by atoms with Crippen LogP contribution in [0, 0.1) is 0 Å². The highest BCUT2D eigenvalue weighted by atomic mass is 32.2. The van der Waals surface area contributed by atoms with Crippen molar-refractivity contribution in [2.45, 2.75) is 19.8 Å². The van der Waals surface area contributed by atoms with E-state index in [0.717, 1.165) is 11.4 Å². The van der Waals surface area contributed by atoms with Crippen LogP contribution in [0.4, 0.5) is 5.69 Å². The van der Waals surface area contributed by atoms with E-state index in [-0.39, 0.29) is 5.91 Å². The van der Waals surface area contributed by atoms with Crippen LogP contribution >= 0.6 is 11.8 Å². The standard InChI is InChI=1S/C14H19NOS/c1-3-4-10-17-11-12(2)14(16)15-13-8-6-5-7-9-13/h5-9H,2-4,10-11H2,1H3,(H,15,16). The van der Waals surface area contributed by atoms with Gasteiger partial charge in [0, 0.05) is 17.0 Å². The predicted octanol–water partition coefficient (Wildman–Crippen LogP) is 3.71. The van der Waals surface area contributed by atoms with Crippen molar-refractivity contribution in [2.24, 2.45) is 0 Å². The number of rotatable bonds is 7. The van der Waals surface area contributed by atoms with E-state index in [1.807, 2.05) is 30.3 Å². The van der Waals surface area contributed by atoms with E-state index in [1.54, 1.807) is 11.8 Å². The second-order valence-corrected chi connectivity index (χ2v) is 4.94. The van der Waals surface area contributed by atoms with Gasteiger partial charge in [0.2, 0.25) is 0 Å². The maximum Gasteiger partial charge on any atom is 0.251 e. The molecule has 17 heavy (non-hydrogen) atoms. The average Bonchev–Trinajstić information content (AvgIpc) is 2.35. The quantitative estimate of drug-likeness (QED) is 0.589. The van der Waals surface area contributed by atoms with Crippen LogP contribution in [0.1, 0.15) is 19.8 Å². The maximum absolute atomic E-state index is 11.8. The first-order valence-electron chi connectivity index (χ1n) is 5.86. The first kappa shape index (κ1) is 13.8. The summed E-state index contributed by atoms with van der Waals surface area (Å²) >= 11 is 1.76. The number of carbonyl (C=O) groups excluding carboxylic acids is 1. The van der Waals surface area contributed by atoms with Crippen molar-refractivity contribution in [3.05, 3.63) is 42.5 Å². The fourth-order valence-electron chi connectivity index (χ4n) is 1.25. The van der Waals surface area contributed by atoms with Gasteiger partial charge in [-0.1, -0.05) is 38.1 Å². The molecule has 0 aliphatic rings. The molecule has 1 N–H and O–H groups in total. The highest BCUT2D eigenvalue weighted by Crippen LogP contribution is 2.12. The Labute approximate surface area is 107 Å². The molecule has 0 saturated heterocycles. The van der Waals surface area contributed by atoms with E-state index >= 15 is 0 Å². The zero-order valence-electron chi connectivity index (χ0n) is 10.2. The number of nitrogens with one attached hydrogen (secondary N) is 1. The molecule has 0 aromatic heterocycles. The molecule has 92 valence electrons. The molecule has 1 aromatic rings. The first-order chi connectivity index (χ1) is 8.24. The average molecular weight is 249 g/mol. The topological polar surface area (TPSA) is 29.1 Å². The van der Waals surface area contributed by atoms with Crippen molar-refractivity contribution < 1.29 is 4.79 Å². The van der Waals surface area contributed by atoms with Gasteiger partial charge in [-0.3, -0.25) is 4.79 Å². The molecular weight excluding hydrogens is 230 g/mol. The van der Waals surface area contributed by atoms with Gasteiger partial charge in [0.1, 0.15) is 0 Å². The molecule has 2 nitrogen and oxygen atoms in total. The van der Waals surface area contributed by atoms with Crippen LogP contribution in [-0.4, -0.2) is 17.4 Å². The lowest BCUT2D eigenvalue weighted by atomic mass is 10.3. The summed E-state index contributed by atoms with van der Waals surface area (Å²) in [6.07, 6.45) is 2.38. The molecule has 1 rings (SSSR count). The van der Waals surface area contributed by atoms with Crippen molar-refractivity contribution in [3.8, 4) is 0 Å². The third kappa shape index (κ3) is 5.59. The molecular formula is C14H19NOS. The van der Waals surface area contributed by atoms with E-state index in [1.165, 1.54) is 12.8 Å². The lowest BCUT2D eigenvalue weighted by Crippen LogP contribution is -2.15. The minimum Gasteiger partial charge on any atom is -0.322 e. The Morgan fingerprint density at radius 2 is 2.06 bits per heavy atom. The summed E-state index contributed by atoms with van der Waals surface area (Å²) in [5, 5.41) is 2.83. The second kappa shape index (κ2) is 7.96. The Kier molecular flexibility index (Phi) is 6.48. The summed E-state index contributed by atoms with van der Waals surface area (Å²) in [6.45, 7) is 5.98. The monoisotopic (exact) mass is 249 g/mol. The minimum absolute atomic E-state index is 0.0831. The zero-order valence-corrected chi connectivity index (χ0v) is 11.1. The SMILES string of the molecule is C=C(CSCCCC)C(=O)Nc1ccccc1. The molecule has 0 atom stereocenters. The van der Waals surface area contributed by atoms with Crippen LogP contribution in [0.3, 0.4) is 0 Å². The number of anilines is 1. The summed E-state index contributed by atoms with van der Waals surface area (Å²) in [6, 6.07) is 9.46. The molecule has 1 amide bonds. The molecule has 0 spiro atoms. The molecule has 0 saturated carbocycles. The smallest absolute Gasteiger partial charge is 0.251 e. The van der Waals surface area contributed by atoms with Crippen LogP contribution in [0.2, 0.25) is 0 Å². The Bertz CT molecular complexity index is 362. The lowest BCUT2D eigenvalue weighted by Gasteiger charge is -2.07. The van der Waals surface area contributed by atoms with Gasteiger partial charge in [0.15, 0.2) is 0 Å². The fourth-order valence-corrected chi connectivity index (χ4v) is 2.26. The summed E-state index contributed by atoms with van der Waals surface area (Å²) in [4.78, 5) is 11.8. The van der Waals surface area contributed by atoms with Crippen molar-refractivity contribution in [2.75, 3.05) is 16.8 Å². The van der Waals surface area contributed by atoms with E-state index in [9.17, 15) is 4.79 Å². The summed E-state index contributed by atoms with van der Waals surface area (Å²) in [5.41, 5.74) is 1.45. The number of benzene rings is 1. The number of thioether (sulfide) groups is 1. The van der Waals surface area contributed by atoms with Gasteiger partial charge in [0.25, 0.3) is 5.91 Å². The summed E-state index contributed by atoms with van der Waals surface area (Å²) < 4.78 is 0. The van der Waals surface area contributed by atoms with Gasteiger partial charge in [0.05, 0.1) is 0 Å². The van der Waals surface area contributed by atoms with E-state index in [2.05, 4.69) is 18.8 Å². The van der Waals surface area contributed by atoms with Gasteiger partial charge in [-0.2, -0.15) is 11.8 Å². The molecule has 0 aliphatic heterocycles. The second-order valence-electron chi connectivity index (χ2n) is 3.83. The zero-order chi connectivity index (χ0) is 12.5. The molecule has 3 heteroatoms. The van der Waals surface area contributed by atoms with Crippen LogP contribution in [-0.2, 0) is 4.79 Å². The van der Waals surface area contributed by atoms with E-state index < -0.39 is 0 Å². The van der Waals surface area contributed by atoms with Crippen LogP contribution in [0.25, 0.3) is 0 Å². The number of hydrogen-bond acceptors (Lipinski definition) is 2. The molecule has 0 heterocycles. The Hall–Kier alpha value is -1.22. The van der Waals surface area contributed by atoms with E-state index in [0.29, 0.717) is 11.3 Å². The molecule has 0 fully saturated rings. The van der Waals surface area contributed by atoms with Gasteiger partial charge in [-0.15, -0.1) is 0 Å². The predicted molar refractivity (Wildman–Crippen MR) is 76.4 cm³/mol. The van der Waals surface area contributed by atoms with Crippen molar-refractivity contribution in [1.82, 2.24) is 0 Å².